The first kappa shape index (κ1) is 25.6. The highest BCUT2D eigenvalue weighted by Crippen LogP contribution is 2.44. The maximum Gasteiger partial charge on any atom is 0.250 e. The maximum absolute atomic E-state index is 12.1. The maximum atomic E-state index is 12.1. The normalized spacial score (nSPS) is 16.9. The van der Waals surface area contributed by atoms with Crippen molar-refractivity contribution in [3.63, 3.8) is 0 Å². The molecule has 1 aliphatic heterocycles. The SMILES string of the molecule is COCC(=O)Nc1ccc(N2C(=S)N[C@@H](c3ccccn3)[C@@H]2c2cc(C)n(-c3ccccn3)c2C)cc1C. The minimum atomic E-state index is -0.197. The monoisotopic (exact) mass is 526 g/mol. The lowest BCUT2D eigenvalue weighted by Crippen LogP contribution is -2.29. The van der Waals surface area contributed by atoms with Crippen molar-refractivity contribution in [1.82, 2.24) is 19.9 Å². The van der Waals surface area contributed by atoms with Crippen LogP contribution in [0.2, 0.25) is 0 Å². The van der Waals surface area contributed by atoms with Gasteiger partial charge < -0.3 is 24.8 Å². The Labute approximate surface area is 227 Å². The van der Waals surface area contributed by atoms with Crippen LogP contribution < -0.4 is 15.5 Å². The predicted molar refractivity (Wildman–Crippen MR) is 153 cm³/mol. The van der Waals surface area contributed by atoms with Crippen LogP contribution in [0.3, 0.4) is 0 Å². The zero-order valence-electron chi connectivity index (χ0n) is 21.8. The van der Waals surface area contributed by atoms with Gasteiger partial charge in [0.1, 0.15) is 12.4 Å². The van der Waals surface area contributed by atoms with Crippen molar-refractivity contribution in [2.45, 2.75) is 32.9 Å². The van der Waals surface area contributed by atoms with Gasteiger partial charge in [0.2, 0.25) is 5.91 Å². The number of ether oxygens (including phenoxy) is 1. The highest BCUT2D eigenvalue weighted by molar-refractivity contribution is 7.80. The number of aromatic nitrogens is 3. The first-order valence-corrected chi connectivity index (χ1v) is 12.8. The second kappa shape index (κ2) is 10.7. The molecule has 4 aromatic rings. The third-order valence-corrected chi connectivity index (χ3v) is 7.12. The number of hydrogen-bond acceptors (Lipinski definition) is 5. The molecule has 1 amide bonds. The molecular formula is C29H30N6O2S. The van der Waals surface area contributed by atoms with Crippen LogP contribution in [0.4, 0.5) is 11.4 Å². The van der Waals surface area contributed by atoms with Crippen LogP contribution in [0.25, 0.3) is 5.82 Å². The number of benzene rings is 1. The number of hydrogen-bond donors (Lipinski definition) is 2. The molecule has 3 aromatic heterocycles. The fourth-order valence-electron chi connectivity index (χ4n) is 5.13. The predicted octanol–water partition coefficient (Wildman–Crippen LogP) is 4.95. The van der Waals surface area contributed by atoms with Crippen molar-refractivity contribution in [2.75, 3.05) is 23.9 Å². The summed E-state index contributed by atoms with van der Waals surface area (Å²) in [6, 6.07) is 19.7. The van der Waals surface area contributed by atoms with Crippen LogP contribution in [-0.4, -0.2) is 39.3 Å². The average Bonchev–Trinajstić information content (AvgIpc) is 3.41. The number of pyridine rings is 2. The van der Waals surface area contributed by atoms with Crippen LogP contribution >= 0.6 is 12.2 Å². The molecule has 0 bridgehead atoms. The van der Waals surface area contributed by atoms with E-state index in [1.165, 1.54) is 7.11 Å². The highest BCUT2D eigenvalue weighted by Gasteiger charge is 2.42. The molecule has 2 N–H and O–H groups in total. The fourth-order valence-corrected chi connectivity index (χ4v) is 5.48. The Morgan fingerprint density at radius 3 is 2.47 bits per heavy atom. The number of nitrogens with zero attached hydrogens (tertiary/aromatic N) is 4. The Hall–Kier alpha value is -4.08. The van der Waals surface area contributed by atoms with Gasteiger partial charge in [0, 0.05) is 42.3 Å². The summed E-state index contributed by atoms with van der Waals surface area (Å²) in [5, 5.41) is 7.05. The standard InChI is InChI=1S/C29H30N6O2S/c1-18-15-21(11-12-23(18)32-26(36)17-37-4)35-28(27(33-29(35)38)24-9-5-7-13-30-24)22-16-19(2)34(20(22)3)25-10-6-8-14-31-25/h5-16,27-28H,17H2,1-4H3,(H,32,36)(H,33,38)/t27-,28-/m0/s1. The van der Waals surface area contributed by atoms with E-state index < -0.39 is 0 Å². The van der Waals surface area contributed by atoms with E-state index in [9.17, 15) is 4.79 Å². The van der Waals surface area contributed by atoms with Crippen LogP contribution in [0.1, 0.15) is 40.3 Å². The van der Waals surface area contributed by atoms with E-state index in [0.29, 0.717) is 5.11 Å². The summed E-state index contributed by atoms with van der Waals surface area (Å²) in [4.78, 5) is 23.5. The molecule has 8 nitrogen and oxygen atoms in total. The summed E-state index contributed by atoms with van der Waals surface area (Å²) in [6.45, 7) is 6.18. The van der Waals surface area contributed by atoms with Gasteiger partial charge in [-0.15, -0.1) is 0 Å². The molecule has 0 aliphatic carbocycles. The first-order valence-electron chi connectivity index (χ1n) is 12.4. The largest absolute Gasteiger partial charge is 0.375 e. The van der Waals surface area contributed by atoms with Crippen molar-refractivity contribution < 1.29 is 9.53 Å². The Morgan fingerprint density at radius 1 is 1.05 bits per heavy atom. The third kappa shape index (κ3) is 4.78. The summed E-state index contributed by atoms with van der Waals surface area (Å²) < 4.78 is 7.12. The molecule has 1 fully saturated rings. The Balaban J connectivity index is 1.60. The topological polar surface area (TPSA) is 84.3 Å². The van der Waals surface area contributed by atoms with Crippen LogP contribution in [0.15, 0.2) is 73.1 Å². The van der Waals surface area contributed by atoms with Crippen molar-refractivity contribution in [3.8, 4) is 5.82 Å². The highest BCUT2D eigenvalue weighted by atomic mass is 32.1. The molecule has 1 saturated heterocycles. The van der Waals surface area contributed by atoms with E-state index >= 15 is 0 Å². The van der Waals surface area contributed by atoms with Gasteiger partial charge in [-0.1, -0.05) is 12.1 Å². The van der Waals surface area contributed by atoms with Gasteiger partial charge in [0.05, 0.1) is 17.8 Å². The van der Waals surface area contributed by atoms with Gasteiger partial charge >= 0.3 is 0 Å². The van der Waals surface area contributed by atoms with Crippen molar-refractivity contribution in [3.05, 3.63) is 101 Å². The molecule has 2 atom stereocenters. The number of carbonyl (C=O) groups excluding carboxylic acids is 1. The number of rotatable bonds is 7. The van der Waals surface area contributed by atoms with E-state index in [1.54, 1.807) is 12.4 Å². The zero-order valence-corrected chi connectivity index (χ0v) is 22.6. The van der Waals surface area contributed by atoms with Crippen molar-refractivity contribution >= 4 is 34.6 Å². The lowest BCUT2D eigenvalue weighted by Gasteiger charge is -2.29. The Bertz CT molecular complexity index is 1470. The Kier molecular flexibility index (Phi) is 7.22. The molecule has 4 heterocycles. The second-order valence-corrected chi connectivity index (χ2v) is 9.71. The number of carbonyl (C=O) groups is 1. The van der Waals surface area contributed by atoms with E-state index in [-0.39, 0.29) is 24.6 Å². The van der Waals surface area contributed by atoms with Crippen molar-refractivity contribution in [1.29, 1.82) is 0 Å². The molecular weight excluding hydrogens is 496 g/mol. The number of thiocarbonyl (C=S) groups is 1. The second-order valence-electron chi connectivity index (χ2n) is 9.33. The Morgan fingerprint density at radius 2 is 1.82 bits per heavy atom. The minimum absolute atomic E-state index is 0.00103. The summed E-state index contributed by atoms with van der Waals surface area (Å²) in [5.74, 6) is 0.673. The molecule has 9 heteroatoms. The number of nitrogens with one attached hydrogen (secondary N) is 2. The molecule has 1 aromatic carbocycles. The molecule has 0 spiro atoms. The van der Waals surface area contributed by atoms with E-state index in [0.717, 1.165) is 45.4 Å². The van der Waals surface area contributed by atoms with Gasteiger partial charge in [-0.05, 0) is 92.6 Å². The number of aryl methyl sites for hydroxylation is 2. The summed E-state index contributed by atoms with van der Waals surface area (Å²) in [7, 11) is 1.50. The molecule has 0 radical (unpaired) electrons. The minimum Gasteiger partial charge on any atom is -0.375 e. The third-order valence-electron chi connectivity index (χ3n) is 6.80. The summed E-state index contributed by atoms with van der Waals surface area (Å²) in [6.07, 6.45) is 3.61. The smallest absolute Gasteiger partial charge is 0.250 e. The number of methoxy groups -OCH3 is 1. The fraction of sp³-hybridized carbons (Fsp3) is 0.241. The molecule has 194 valence electrons. The van der Waals surface area contributed by atoms with Gasteiger partial charge in [-0.2, -0.15) is 0 Å². The average molecular weight is 527 g/mol. The van der Waals surface area contributed by atoms with E-state index in [2.05, 4.69) is 50.0 Å². The molecule has 0 unspecified atom stereocenters. The van der Waals surface area contributed by atoms with Crippen LogP contribution in [-0.2, 0) is 9.53 Å². The van der Waals surface area contributed by atoms with Gasteiger partial charge in [-0.25, -0.2) is 4.98 Å². The lowest BCUT2D eigenvalue weighted by atomic mass is 9.96. The van der Waals surface area contributed by atoms with Crippen LogP contribution in [0.5, 0.6) is 0 Å². The number of amides is 1. The van der Waals surface area contributed by atoms with Crippen LogP contribution in [0, 0.1) is 20.8 Å². The van der Waals surface area contributed by atoms with Gasteiger partial charge in [0.25, 0.3) is 0 Å². The summed E-state index contributed by atoms with van der Waals surface area (Å²) >= 11 is 5.92. The molecule has 5 rings (SSSR count). The molecule has 0 saturated carbocycles. The number of anilines is 2. The summed E-state index contributed by atoms with van der Waals surface area (Å²) in [5.41, 5.74) is 6.80. The first-order chi connectivity index (χ1) is 18.4. The quantitative estimate of drug-likeness (QED) is 0.330. The van der Waals surface area contributed by atoms with Gasteiger partial charge in [0.15, 0.2) is 5.11 Å². The zero-order chi connectivity index (χ0) is 26.8. The van der Waals surface area contributed by atoms with E-state index in [1.807, 2.05) is 61.5 Å². The van der Waals surface area contributed by atoms with Crippen molar-refractivity contribution in [2.24, 2.45) is 0 Å². The molecule has 38 heavy (non-hydrogen) atoms. The lowest BCUT2D eigenvalue weighted by molar-refractivity contribution is -0.119. The van der Waals surface area contributed by atoms with Gasteiger partial charge in [-0.3, -0.25) is 9.78 Å². The van der Waals surface area contributed by atoms with E-state index in [4.69, 9.17) is 17.0 Å². The molecule has 1 aliphatic rings.